The Labute approximate surface area is 178 Å². The fourth-order valence-corrected chi connectivity index (χ4v) is 3.91. The van der Waals surface area contributed by atoms with Gasteiger partial charge in [-0.15, -0.1) is 0 Å². The highest BCUT2D eigenvalue weighted by Gasteiger charge is 2.30. The van der Waals surface area contributed by atoms with Crippen LogP contribution in [0.4, 0.5) is 24.5 Å². The number of nitrogens with one attached hydrogen (secondary N) is 1. The van der Waals surface area contributed by atoms with Gasteiger partial charge in [0.2, 0.25) is 0 Å². The molecule has 1 atom stereocenters. The van der Waals surface area contributed by atoms with Crippen molar-refractivity contribution in [3.05, 3.63) is 59.4 Å². The Kier molecular flexibility index (Phi) is 5.56. The summed E-state index contributed by atoms with van der Waals surface area (Å²) in [5, 5.41) is 3.79. The van der Waals surface area contributed by atoms with Gasteiger partial charge in [-0.25, -0.2) is 9.97 Å². The zero-order chi connectivity index (χ0) is 22.2. The predicted octanol–water partition coefficient (Wildman–Crippen LogP) is 5.72. The van der Waals surface area contributed by atoms with E-state index in [0.29, 0.717) is 34.5 Å². The number of likely N-dealkylation sites (tertiary alicyclic amines) is 1. The Morgan fingerprint density at radius 2 is 1.87 bits per heavy atom. The molecule has 1 saturated heterocycles. The Morgan fingerprint density at radius 1 is 1.13 bits per heavy atom. The second-order valence-corrected chi connectivity index (χ2v) is 7.91. The predicted molar refractivity (Wildman–Crippen MR) is 113 cm³/mol. The van der Waals surface area contributed by atoms with Gasteiger partial charge in [0.15, 0.2) is 5.65 Å². The number of aryl methyl sites for hydroxylation is 1. The van der Waals surface area contributed by atoms with E-state index in [0.717, 1.165) is 37.1 Å². The lowest BCUT2D eigenvalue weighted by Gasteiger charge is -2.34. The summed E-state index contributed by atoms with van der Waals surface area (Å²) < 4.78 is 38.8. The van der Waals surface area contributed by atoms with Crippen LogP contribution in [0.2, 0.25) is 0 Å². The van der Waals surface area contributed by atoms with E-state index in [9.17, 15) is 18.0 Å². The van der Waals surface area contributed by atoms with Crippen LogP contribution < -0.4 is 5.32 Å². The van der Waals surface area contributed by atoms with E-state index in [2.05, 4.69) is 15.3 Å². The zero-order valence-corrected chi connectivity index (χ0v) is 17.3. The first kappa shape index (κ1) is 21.1. The summed E-state index contributed by atoms with van der Waals surface area (Å²) >= 11 is 0. The molecule has 0 unspecified atom stereocenters. The van der Waals surface area contributed by atoms with Gasteiger partial charge in [-0.2, -0.15) is 13.2 Å². The first-order valence-corrected chi connectivity index (χ1v) is 10.3. The van der Waals surface area contributed by atoms with E-state index in [1.165, 1.54) is 18.3 Å². The number of benzene rings is 1. The molecule has 31 heavy (non-hydrogen) atoms. The molecule has 0 bridgehead atoms. The van der Waals surface area contributed by atoms with E-state index in [1.54, 1.807) is 0 Å². The quantitative estimate of drug-likeness (QED) is 0.580. The highest BCUT2D eigenvalue weighted by Crippen LogP contribution is 2.33. The van der Waals surface area contributed by atoms with Gasteiger partial charge in [-0.1, -0.05) is 0 Å². The standard InChI is InChI=1S/C23H23F3N4O/c1-14-6-11-18-20(29-17-9-7-16(8-10-17)23(24,25)26)19(13-27-21(18)28-14)22(31)30-12-4-3-5-15(30)2/h6-11,13,15H,3-5,12H2,1-2H3,(H,27,28,29)/t15-/m0/s1. The second-order valence-electron chi connectivity index (χ2n) is 7.91. The number of hydrogen-bond acceptors (Lipinski definition) is 4. The van der Waals surface area contributed by atoms with Crippen LogP contribution in [0.5, 0.6) is 0 Å². The van der Waals surface area contributed by atoms with Crippen molar-refractivity contribution in [3.63, 3.8) is 0 Å². The SMILES string of the molecule is Cc1ccc2c(Nc3ccc(C(F)(F)F)cc3)c(C(=O)N3CCCC[C@@H]3C)cnc2n1. The van der Waals surface area contributed by atoms with Gasteiger partial charge >= 0.3 is 6.18 Å². The van der Waals surface area contributed by atoms with Gasteiger partial charge in [0, 0.05) is 35.6 Å². The average molecular weight is 428 g/mol. The molecule has 3 aromatic rings. The Hall–Kier alpha value is -3.16. The minimum Gasteiger partial charge on any atom is -0.354 e. The van der Waals surface area contributed by atoms with Crippen molar-refractivity contribution in [2.24, 2.45) is 0 Å². The summed E-state index contributed by atoms with van der Waals surface area (Å²) in [7, 11) is 0. The fourth-order valence-electron chi connectivity index (χ4n) is 3.91. The van der Waals surface area contributed by atoms with Crippen LogP contribution in [0.3, 0.4) is 0 Å². The molecule has 1 aliphatic heterocycles. The lowest BCUT2D eigenvalue weighted by Crippen LogP contribution is -2.42. The molecule has 4 rings (SSSR count). The highest BCUT2D eigenvalue weighted by atomic mass is 19.4. The number of carbonyl (C=O) groups is 1. The number of nitrogens with zero attached hydrogens (tertiary/aromatic N) is 3. The number of hydrogen-bond donors (Lipinski definition) is 1. The van der Waals surface area contributed by atoms with Gasteiger partial charge < -0.3 is 10.2 Å². The maximum atomic E-state index is 13.4. The number of amides is 1. The first-order chi connectivity index (χ1) is 14.7. The summed E-state index contributed by atoms with van der Waals surface area (Å²) in [5.74, 6) is -0.142. The molecular formula is C23H23F3N4O. The zero-order valence-electron chi connectivity index (χ0n) is 17.3. The van der Waals surface area contributed by atoms with Crippen molar-refractivity contribution in [3.8, 4) is 0 Å². The molecule has 1 amide bonds. The maximum Gasteiger partial charge on any atom is 0.416 e. The number of rotatable bonds is 3. The number of carbonyl (C=O) groups excluding carboxylic acids is 1. The molecule has 1 N–H and O–H groups in total. The summed E-state index contributed by atoms with van der Waals surface area (Å²) in [5.41, 5.74) is 1.85. The van der Waals surface area contributed by atoms with E-state index in [4.69, 9.17) is 0 Å². The number of aromatic nitrogens is 2. The topological polar surface area (TPSA) is 58.1 Å². The van der Waals surface area contributed by atoms with Crippen LogP contribution in [-0.2, 0) is 6.18 Å². The molecular weight excluding hydrogens is 405 g/mol. The van der Waals surface area contributed by atoms with Crippen molar-refractivity contribution in [1.29, 1.82) is 0 Å². The summed E-state index contributed by atoms with van der Waals surface area (Å²) in [6, 6.07) is 8.51. The number of pyridine rings is 2. The number of fused-ring (bicyclic) bond motifs is 1. The normalized spacial score (nSPS) is 17.1. The lowest BCUT2D eigenvalue weighted by atomic mass is 10.0. The van der Waals surface area contributed by atoms with Crippen molar-refractivity contribution in [1.82, 2.24) is 14.9 Å². The van der Waals surface area contributed by atoms with E-state index in [1.807, 2.05) is 30.9 Å². The Bertz CT molecular complexity index is 1110. The fraction of sp³-hybridized carbons (Fsp3) is 0.348. The van der Waals surface area contributed by atoms with Crippen LogP contribution in [0.1, 0.15) is 47.8 Å². The van der Waals surface area contributed by atoms with Crippen LogP contribution in [-0.4, -0.2) is 33.4 Å². The van der Waals surface area contributed by atoms with Crippen molar-refractivity contribution in [2.45, 2.75) is 45.3 Å². The Morgan fingerprint density at radius 3 is 2.55 bits per heavy atom. The van der Waals surface area contributed by atoms with E-state index in [-0.39, 0.29) is 11.9 Å². The third kappa shape index (κ3) is 4.33. The maximum absolute atomic E-state index is 13.4. The second kappa shape index (κ2) is 8.17. The Balaban J connectivity index is 1.77. The number of alkyl halides is 3. The molecule has 2 aromatic heterocycles. The van der Waals surface area contributed by atoms with Gasteiger partial charge in [0.05, 0.1) is 16.8 Å². The van der Waals surface area contributed by atoms with Gasteiger partial charge in [-0.3, -0.25) is 4.79 Å². The third-order valence-corrected chi connectivity index (χ3v) is 5.64. The summed E-state index contributed by atoms with van der Waals surface area (Å²) in [6.07, 6.45) is 0.0646. The van der Waals surface area contributed by atoms with Crippen LogP contribution >= 0.6 is 0 Å². The van der Waals surface area contributed by atoms with Gasteiger partial charge in [-0.05, 0) is 69.5 Å². The average Bonchev–Trinajstić information content (AvgIpc) is 2.73. The van der Waals surface area contributed by atoms with E-state index < -0.39 is 11.7 Å². The molecule has 1 aliphatic rings. The lowest BCUT2D eigenvalue weighted by molar-refractivity contribution is -0.137. The number of anilines is 2. The molecule has 0 aliphatic carbocycles. The highest BCUT2D eigenvalue weighted by molar-refractivity contribution is 6.07. The van der Waals surface area contributed by atoms with E-state index >= 15 is 0 Å². The minimum absolute atomic E-state index is 0.118. The smallest absolute Gasteiger partial charge is 0.354 e. The molecule has 0 saturated carbocycles. The van der Waals surface area contributed by atoms with Crippen LogP contribution in [0.25, 0.3) is 11.0 Å². The first-order valence-electron chi connectivity index (χ1n) is 10.3. The number of piperidine rings is 1. The van der Waals surface area contributed by atoms with Crippen molar-refractivity contribution >= 4 is 28.3 Å². The third-order valence-electron chi connectivity index (χ3n) is 5.64. The molecule has 1 fully saturated rings. The van der Waals surface area contributed by atoms with Crippen molar-refractivity contribution < 1.29 is 18.0 Å². The number of halogens is 3. The van der Waals surface area contributed by atoms with Gasteiger partial charge in [0.1, 0.15) is 0 Å². The minimum atomic E-state index is -4.41. The van der Waals surface area contributed by atoms with Crippen molar-refractivity contribution in [2.75, 3.05) is 11.9 Å². The molecule has 0 spiro atoms. The molecule has 5 nitrogen and oxygen atoms in total. The largest absolute Gasteiger partial charge is 0.416 e. The summed E-state index contributed by atoms with van der Waals surface area (Å²) in [4.78, 5) is 24.0. The molecule has 162 valence electrons. The monoisotopic (exact) mass is 428 g/mol. The summed E-state index contributed by atoms with van der Waals surface area (Å²) in [6.45, 7) is 4.54. The molecule has 1 aromatic carbocycles. The van der Waals surface area contributed by atoms with Crippen LogP contribution in [0.15, 0.2) is 42.6 Å². The van der Waals surface area contributed by atoms with Gasteiger partial charge in [0.25, 0.3) is 5.91 Å². The molecule has 0 radical (unpaired) electrons. The molecule has 3 heterocycles. The van der Waals surface area contributed by atoms with Crippen LogP contribution in [0, 0.1) is 6.92 Å². The molecule has 8 heteroatoms.